The van der Waals surface area contributed by atoms with E-state index in [1.54, 1.807) is 0 Å². The van der Waals surface area contributed by atoms with E-state index in [2.05, 4.69) is 32.0 Å². The molecular weight excluding hydrogens is 272 g/mol. The number of rotatable bonds is 2. The van der Waals surface area contributed by atoms with Crippen LogP contribution < -0.4 is 9.80 Å². The van der Waals surface area contributed by atoms with Gasteiger partial charge < -0.3 is 0 Å². The molecule has 0 radical (unpaired) electrons. The molecule has 3 rings (SSSR count). The molecule has 3 heteroatoms. The molecule has 1 unspecified atom stereocenters. The van der Waals surface area contributed by atoms with Crippen LogP contribution in [0, 0.1) is 6.92 Å². The van der Waals surface area contributed by atoms with Gasteiger partial charge in [-0.2, -0.15) is 0 Å². The van der Waals surface area contributed by atoms with Crippen LogP contribution in [0.5, 0.6) is 0 Å². The van der Waals surface area contributed by atoms with Gasteiger partial charge >= 0.3 is 6.03 Å². The minimum absolute atomic E-state index is 0.0607. The van der Waals surface area contributed by atoms with E-state index < -0.39 is 0 Å². The van der Waals surface area contributed by atoms with Crippen molar-refractivity contribution in [2.24, 2.45) is 0 Å². The van der Waals surface area contributed by atoms with Gasteiger partial charge in [-0.3, -0.25) is 9.80 Å². The lowest BCUT2D eigenvalue weighted by molar-refractivity contribution is 0.250. The summed E-state index contributed by atoms with van der Waals surface area (Å²) < 4.78 is 0. The third kappa shape index (κ3) is 2.47. The normalized spacial score (nSPS) is 16.5. The van der Waals surface area contributed by atoms with E-state index in [4.69, 9.17) is 0 Å². The van der Waals surface area contributed by atoms with Gasteiger partial charge in [0.2, 0.25) is 0 Å². The third-order valence-corrected chi connectivity index (χ3v) is 4.27. The second-order valence-corrected chi connectivity index (χ2v) is 5.92. The number of fused-ring (bicyclic) bond motifs is 1. The summed E-state index contributed by atoms with van der Waals surface area (Å²) in [4.78, 5) is 16.9. The predicted octanol–water partition coefficient (Wildman–Crippen LogP) is 4.39. The van der Waals surface area contributed by atoms with Crippen molar-refractivity contribution in [1.82, 2.24) is 0 Å². The van der Waals surface area contributed by atoms with Gasteiger partial charge in [-0.15, -0.1) is 0 Å². The minimum atomic E-state index is 0.0607. The number of nitrogens with zero attached hydrogens (tertiary/aromatic N) is 2. The van der Waals surface area contributed by atoms with Crippen LogP contribution >= 0.6 is 0 Å². The highest BCUT2D eigenvalue weighted by molar-refractivity contribution is 6.05. The summed E-state index contributed by atoms with van der Waals surface area (Å²) in [5, 5.41) is 0. The Morgan fingerprint density at radius 3 is 2.73 bits per heavy atom. The fraction of sp³-hybridized carbons (Fsp3) is 0.316. The molecule has 0 fully saturated rings. The molecule has 2 aromatic carbocycles. The lowest BCUT2D eigenvalue weighted by atomic mass is 10.1. The van der Waals surface area contributed by atoms with Gasteiger partial charge in [-0.25, -0.2) is 4.79 Å². The van der Waals surface area contributed by atoms with Crippen molar-refractivity contribution in [3.05, 3.63) is 59.7 Å². The van der Waals surface area contributed by atoms with E-state index in [0.29, 0.717) is 6.54 Å². The first kappa shape index (κ1) is 14.6. The molecule has 22 heavy (non-hydrogen) atoms. The zero-order valence-corrected chi connectivity index (χ0v) is 13.4. The number of para-hydroxylation sites is 1. The Bertz CT molecular complexity index is 695. The summed E-state index contributed by atoms with van der Waals surface area (Å²) in [6, 6.07) is 16.6. The molecule has 1 aliphatic rings. The molecule has 1 heterocycles. The van der Waals surface area contributed by atoms with E-state index in [1.165, 1.54) is 11.1 Å². The number of aryl methyl sites for hydroxylation is 1. The van der Waals surface area contributed by atoms with E-state index in [0.717, 1.165) is 17.8 Å². The maximum Gasteiger partial charge on any atom is 0.329 e. The van der Waals surface area contributed by atoms with Crippen molar-refractivity contribution in [3.8, 4) is 0 Å². The number of carbonyl (C=O) groups excluding carboxylic acids is 1. The first-order chi connectivity index (χ1) is 10.6. The van der Waals surface area contributed by atoms with Crippen LogP contribution in [0.4, 0.5) is 16.2 Å². The molecule has 2 aromatic rings. The van der Waals surface area contributed by atoms with E-state index in [9.17, 15) is 4.79 Å². The summed E-state index contributed by atoms with van der Waals surface area (Å²) in [5.74, 6) is 0. The maximum atomic E-state index is 13.1. The minimum Gasteiger partial charge on any atom is -0.294 e. The fourth-order valence-electron chi connectivity index (χ4n) is 3.21. The number of benzene rings is 2. The molecule has 0 saturated carbocycles. The summed E-state index contributed by atoms with van der Waals surface area (Å²) >= 11 is 0. The summed E-state index contributed by atoms with van der Waals surface area (Å²) in [7, 11) is 0. The van der Waals surface area contributed by atoms with Gasteiger partial charge in [-0.05, 0) is 56.5 Å². The number of hydrogen-bond acceptors (Lipinski definition) is 1. The summed E-state index contributed by atoms with van der Waals surface area (Å²) in [6.07, 6.45) is 0.924. The van der Waals surface area contributed by atoms with Gasteiger partial charge in [0.1, 0.15) is 0 Å². The molecule has 0 aliphatic carbocycles. The molecule has 1 atom stereocenters. The average molecular weight is 294 g/mol. The Labute approximate surface area is 132 Å². The van der Waals surface area contributed by atoms with Gasteiger partial charge in [-0.1, -0.05) is 30.3 Å². The predicted molar refractivity (Wildman–Crippen MR) is 91.7 cm³/mol. The largest absolute Gasteiger partial charge is 0.329 e. The quantitative estimate of drug-likeness (QED) is 0.805. The monoisotopic (exact) mass is 294 g/mol. The highest BCUT2D eigenvalue weighted by Gasteiger charge is 2.33. The van der Waals surface area contributed by atoms with Crippen molar-refractivity contribution in [2.45, 2.75) is 33.2 Å². The first-order valence-electron chi connectivity index (χ1n) is 7.87. The topological polar surface area (TPSA) is 23.6 Å². The second kappa shape index (κ2) is 5.84. The van der Waals surface area contributed by atoms with Crippen molar-refractivity contribution in [2.75, 3.05) is 16.3 Å². The number of amides is 2. The lowest BCUT2D eigenvalue weighted by Gasteiger charge is -2.30. The van der Waals surface area contributed by atoms with E-state index in [-0.39, 0.29) is 12.1 Å². The standard InChI is InChI=1S/C19H22N2O/c1-4-20(17-10-7-8-14(2)12-17)19(22)21-15(3)13-16-9-5-6-11-18(16)21/h5-12,15H,4,13H2,1-3H3. The number of carbonyl (C=O) groups is 1. The summed E-state index contributed by atoms with van der Waals surface area (Å²) in [6.45, 7) is 6.85. The molecule has 0 aromatic heterocycles. The third-order valence-electron chi connectivity index (χ3n) is 4.27. The average Bonchev–Trinajstić information content (AvgIpc) is 2.83. The zero-order chi connectivity index (χ0) is 15.7. The van der Waals surface area contributed by atoms with Gasteiger partial charge in [0, 0.05) is 24.0 Å². The van der Waals surface area contributed by atoms with Crippen molar-refractivity contribution >= 4 is 17.4 Å². The number of hydrogen-bond donors (Lipinski definition) is 0. The Morgan fingerprint density at radius 2 is 2.00 bits per heavy atom. The first-order valence-corrected chi connectivity index (χ1v) is 7.87. The smallest absolute Gasteiger partial charge is 0.294 e. The Balaban J connectivity index is 1.95. The highest BCUT2D eigenvalue weighted by Crippen LogP contribution is 2.33. The van der Waals surface area contributed by atoms with Crippen LogP contribution in [0.15, 0.2) is 48.5 Å². The van der Waals surface area contributed by atoms with Crippen LogP contribution in [0.2, 0.25) is 0 Å². The molecule has 0 saturated heterocycles. The molecule has 3 nitrogen and oxygen atoms in total. The molecule has 2 amide bonds. The van der Waals surface area contributed by atoms with Gasteiger partial charge in [0.15, 0.2) is 0 Å². The molecule has 0 spiro atoms. The zero-order valence-electron chi connectivity index (χ0n) is 13.4. The van der Waals surface area contributed by atoms with Crippen molar-refractivity contribution < 1.29 is 4.79 Å². The SMILES string of the molecule is CCN(C(=O)N1c2ccccc2CC1C)c1cccc(C)c1. The van der Waals surface area contributed by atoms with Crippen LogP contribution in [0.25, 0.3) is 0 Å². The number of anilines is 2. The Morgan fingerprint density at radius 1 is 1.23 bits per heavy atom. The molecule has 0 N–H and O–H groups in total. The van der Waals surface area contributed by atoms with Gasteiger partial charge in [0.25, 0.3) is 0 Å². The molecule has 1 aliphatic heterocycles. The maximum absolute atomic E-state index is 13.1. The second-order valence-electron chi connectivity index (χ2n) is 5.92. The molecule has 0 bridgehead atoms. The van der Waals surface area contributed by atoms with Gasteiger partial charge in [0.05, 0.1) is 0 Å². The fourth-order valence-corrected chi connectivity index (χ4v) is 3.21. The Kier molecular flexibility index (Phi) is 3.88. The van der Waals surface area contributed by atoms with Crippen LogP contribution in [0.1, 0.15) is 25.0 Å². The molecular formula is C19H22N2O. The van der Waals surface area contributed by atoms with Crippen LogP contribution in [-0.2, 0) is 6.42 Å². The van der Waals surface area contributed by atoms with Crippen molar-refractivity contribution in [3.63, 3.8) is 0 Å². The highest BCUT2D eigenvalue weighted by atomic mass is 16.2. The van der Waals surface area contributed by atoms with Crippen LogP contribution in [0.3, 0.4) is 0 Å². The number of urea groups is 1. The lowest BCUT2D eigenvalue weighted by Crippen LogP contribution is -2.46. The van der Waals surface area contributed by atoms with Crippen molar-refractivity contribution in [1.29, 1.82) is 0 Å². The van der Waals surface area contributed by atoms with Crippen LogP contribution in [-0.4, -0.2) is 18.6 Å². The Hall–Kier alpha value is -2.29. The van der Waals surface area contributed by atoms with E-state index in [1.807, 2.05) is 47.1 Å². The summed E-state index contributed by atoms with van der Waals surface area (Å²) in [5.41, 5.74) is 4.43. The molecule has 114 valence electrons. The van der Waals surface area contributed by atoms with E-state index >= 15 is 0 Å².